The zero-order chi connectivity index (χ0) is 21.9. The lowest BCUT2D eigenvalue weighted by Gasteiger charge is -2.26. The molecule has 0 aliphatic carbocycles. The Bertz CT molecular complexity index is 1020. The van der Waals surface area contributed by atoms with Gasteiger partial charge in [-0.3, -0.25) is 4.79 Å². The van der Waals surface area contributed by atoms with E-state index < -0.39 is 28.0 Å². The highest BCUT2D eigenvalue weighted by molar-refractivity contribution is 7.89. The molecule has 6 nitrogen and oxygen atoms in total. The lowest BCUT2D eigenvalue weighted by atomic mass is 10.1. The number of piperidine rings is 1. The topological polar surface area (TPSA) is 75.7 Å². The Labute approximate surface area is 172 Å². The van der Waals surface area contributed by atoms with Crippen LogP contribution >= 0.6 is 0 Å². The Morgan fingerprint density at radius 1 is 1.03 bits per heavy atom. The fraction of sp³-hybridized carbons (Fsp3) is 0.350. The molecule has 1 heterocycles. The molecule has 1 aliphatic rings. The summed E-state index contributed by atoms with van der Waals surface area (Å²) >= 11 is 0. The highest BCUT2D eigenvalue weighted by Gasteiger charge is 2.31. The van der Waals surface area contributed by atoms with E-state index in [0.717, 1.165) is 31.4 Å². The molecule has 162 valence electrons. The van der Waals surface area contributed by atoms with Crippen LogP contribution in [0.4, 0.5) is 18.9 Å². The number of carbonyl (C=O) groups excluding carboxylic acids is 1. The van der Waals surface area contributed by atoms with Gasteiger partial charge in [0.2, 0.25) is 10.0 Å². The molecule has 10 heteroatoms. The summed E-state index contributed by atoms with van der Waals surface area (Å²) in [5.41, 5.74) is 0.990. The predicted molar refractivity (Wildman–Crippen MR) is 105 cm³/mol. The van der Waals surface area contributed by atoms with E-state index >= 15 is 0 Å². The number of sulfonamides is 1. The van der Waals surface area contributed by atoms with Crippen LogP contribution in [0.3, 0.4) is 0 Å². The first-order valence-corrected chi connectivity index (χ1v) is 10.8. The molecule has 30 heavy (non-hydrogen) atoms. The molecule has 1 N–H and O–H groups in total. The Morgan fingerprint density at radius 2 is 1.67 bits per heavy atom. The molecule has 0 saturated carbocycles. The molecule has 1 saturated heterocycles. The number of aryl methyl sites for hydroxylation is 1. The quantitative estimate of drug-likeness (QED) is 0.748. The maximum Gasteiger partial charge on any atom is 0.573 e. The van der Waals surface area contributed by atoms with Crippen LogP contribution in [0.25, 0.3) is 0 Å². The van der Waals surface area contributed by atoms with Gasteiger partial charge in [-0.25, -0.2) is 8.42 Å². The normalized spacial score (nSPS) is 15.6. The number of ether oxygens (including phenoxy) is 1. The van der Waals surface area contributed by atoms with Crippen LogP contribution in [0.1, 0.15) is 35.2 Å². The molecule has 1 amide bonds. The molecular weight excluding hydrogens is 421 g/mol. The van der Waals surface area contributed by atoms with Crippen molar-refractivity contribution in [3.8, 4) is 5.75 Å². The van der Waals surface area contributed by atoms with E-state index in [1.165, 1.54) is 28.6 Å². The van der Waals surface area contributed by atoms with E-state index in [2.05, 4.69) is 10.1 Å². The van der Waals surface area contributed by atoms with E-state index in [1.807, 2.05) is 0 Å². The van der Waals surface area contributed by atoms with Gasteiger partial charge in [-0.2, -0.15) is 4.31 Å². The molecule has 2 aromatic carbocycles. The first-order valence-electron chi connectivity index (χ1n) is 9.34. The van der Waals surface area contributed by atoms with Crippen molar-refractivity contribution >= 4 is 21.6 Å². The van der Waals surface area contributed by atoms with Gasteiger partial charge in [0.25, 0.3) is 5.91 Å². The number of amides is 1. The zero-order valence-electron chi connectivity index (χ0n) is 16.2. The van der Waals surface area contributed by atoms with Crippen molar-refractivity contribution in [1.82, 2.24) is 4.31 Å². The van der Waals surface area contributed by atoms with Gasteiger partial charge >= 0.3 is 6.36 Å². The van der Waals surface area contributed by atoms with Crippen LogP contribution < -0.4 is 10.1 Å². The number of benzene rings is 2. The Balaban J connectivity index is 1.78. The molecule has 0 bridgehead atoms. The third-order valence-electron chi connectivity index (χ3n) is 4.75. The van der Waals surface area contributed by atoms with Crippen LogP contribution in [0, 0.1) is 6.92 Å². The maximum absolute atomic E-state index is 12.9. The lowest BCUT2D eigenvalue weighted by molar-refractivity contribution is -0.274. The van der Waals surface area contributed by atoms with E-state index in [0.29, 0.717) is 18.7 Å². The smallest absolute Gasteiger partial charge is 0.406 e. The Kier molecular flexibility index (Phi) is 6.37. The maximum atomic E-state index is 12.9. The molecular formula is C20H21F3N2O4S. The fourth-order valence-electron chi connectivity index (χ4n) is 3.20. The molecule has 0 spiro atoms. The number of alkyl halides is 3. The molecule has 0 aromatic heterocycles. The van der Waals surface area contributed by atoms with Gasteiger partial charge in [0.05, 0.1) is 4.90 Å². The van der Waals surface area contributed by atoms with E-state index in [9.17, 15) is 26.4 Å². The molecule has 2 aromatic rings. The SMILES string of the molecule is Cc1ccc(S(=O)(=O)N2CCCCC2)cc1C(=O)Nc1ccc(OC(F)(F)F)cc1. The first-order chi connectivity index (χ1) is 14.1. The molecule has 1 aliphatic heterocycles. The third kappa shape index (κ3) is 5.31. The summed E-state index contributed by atoms with van der Waals surface area (Å²) in [6, 6.07) is 9.05. The van der Waals surface area contributed by atoms with Gasteiger partial charge in [-0.15, -0.1) is 13.2 Å². The minimum Gasteiger partial charge on any atom is -0.406 e. The summed E-state index contributed by atoms with van der Waals surface area (Å²) in [4.78, 5) is 12.7. The molecule has 0 atom stereocenters. The highest BCUT2D eigenvalue weighted by Crippen LogP contribution is 2.26. The van der Waals surface area contributed by atoms with Crippen LogP contribution in [-0.4, -0.2) is 38.1 Å². The number of carbonyl (C=O) groups is 1. The van der Waals surface area contributed by atoms with Crippen molar-refractivity contribution in [3.05, 3.63) is 53.6 Å². The van der Waals surface area contributed by atoms with E-state index in [4.69, 9.17) is 0 Å². The van der Waals surface area contributed by atoms with Crippen LogP contribution in [0.2, 0.25) is 0 Å². The number of anilines is 1. The van der Waals surface area contributed by atoms with Crippen molar-refractivity contribution in [2.45, 2.75) is 37.4 Å². The average molecular weight is 442 g/mol. The van der Waals surface area contributed by atoms with Crippen molar-refractivity contribution in [2.75, 3.05) is 18.4 Å². The number of nitrogens with one attached hydrogen (secondary N) is 1. The summed E-state index contributed by atoms with van der Waals surface area (Å²) in [6.07, 6.45) is -2.22. The second kappa shape index (κ2) is 8.65. The molecule has 0 radical (unpaired) electrons. The van der Waals surface area contributed by atoms with Gasteiger partial charge in [-0.1, -0.05) is 12.5 Å². The number of halogens is 3. The van der Waals surface area contributed by atoms with Crippen molar-refractivity contribution < 1.29 is 31.1 Å². The predicted octanol–water partition coefficient (Wildman–Crippen LogP) is 4.32. The average Bonchev–Trinajstić information content (AvgIpc) is 2.69. The van der Waals surface area contributed by atoms with Crippen LogP contribution in [0.5, 0.6) is 5.75 Å². The number of rotatable bonds is 5. The number of nitrogens with zero attached hydrogens (tertiary/aromatic N) is 1. The minimum absolute atomic E-state index is 0.0362. The minimum atomic E-state index is -4.80. The molecule has 1 fully saturated rings. The molecule has 3 rings (SSSR count). The van der Waals surface area contributed by atoms with Crippen molar-refractivity contribution in [1.29, 1.82) is 0 Å². The number of hydrogen-bond acceptors (Lipinski definition) is 4. The summed E-state index contributed by atoms with van der Waals surface area (Å²) in [5.74, 6) is -0.973. The standard InChI is InChI=1S/C20H21F3N2O4S/c1-14-5-10-17(30(27,28)25-11-3-2-4-12-25)13-18(14)19(26)24-15-6-8-16(9-7-15)29-20(21,22)23/h5-10,13H,2-4,11-12H2,1H3,(H,24,26). The van der Waals surface area contributed by atoms with Crippen LogP contribution in [0.15, 0.2) is 47.4 Å². The van der Waals surface area contributed by atoms with E-state index in [1.54, 1.807) is 13.0 Å². The highest BCUT2D eigenvalue weighted by atomic mass is 32.2. The summed E-state index contributed by atoms with van der Waals surface area (Å²) < 4.78 is 67.7. The van der Waals surface area contributed by atoms with Gasteiger partial charge < -0.3 is 10.1 Å². The Hall–Kier alpha value is -2.59. The van der Waals surface area contributed by atoms with Gasteiger partial charge in [-0.05, 0) is 61.7 Å². The largest absolute Gasteiger partial charge is 0.573 e. The monoisotopic (exact) mass is 442 g/mol. The fourth-order valence-corrected chi connectivity index (χ4v) is 4.74. The second-order valence-corrected chi connectivity index (χ2v) is 8.91. The van der Waals surface area contributed by atoms with Crippen LogP contribution in [-0.2, 0) is 10.0 Å². The van der Waals surface area contributed by atoms with Gasteiger partial charge in [0, 0.05) is 24.3 Å². The van der Waals surface area contributed by atoms with Crippen molar-refractivity contribution in [2.24, 2.45) is 0 Å². The third-order valence-corrected chi connectivity index (χ3v) is 6.65. The Morgan fingerprint density at radius 3 is 2.27 bits per heavy atom. The lowest BCUT2D eigenvalue weighted by Crippen LogP contribution is -2.35. The zero-order valence-corrected chi connectivity index (χ0v) is 17.0. The summed E-state index contributed by atoms with van der Waals surface area (Å²) in [5, 5.41) is 2.56. The first kappa shape index (κ1) is 22.1. The summed E-state index contributed by atoms with van der Waals surface area (Å²) in [6.45, 7) is 2.57. The van der Waals surface area contributed by atoms with E-state index in [-0.39, 0.29) is 16.1 Å². The van der Waals surface area contributed by atoms with Gasteiger partial charge in [0.15, 0.2) is 0 Å². The number of hydrogen-bond donors (Lipinski definition) is 1. The van der Waals surface area contributed by atoms with Crippen molar-refractivity contribution in [3.63, 3.8) is 0 Å². The second-order valence-electron chi connectivity index (χ2n) is 6.97. The molecule has 0 unspecified atom stereocenters. The van der Waals surface area contributed by atoms with Gasteiger partial charge in [0.1, 0.15) is 5.75 Å². The summed E-state index contributed by atoms with van der Waals surface area (Å²) in [7, 11) is -3.70.